The number of H-pyrrole nitrogens is 1. The zero-order valence-electron chi connectivity index (χ0n) is 14.6. The first kappa shape index (κ1) is 18.5. The first-order valence-corrected chi connectivity index (χ1v) is 8.23. The second-order valence-corrected chi connectivity index (χ2v) is 5.87. The zero-order chi connectivity index (χ0) is 17.9. The molecule has 0 saturated heterocycles. The molecule has 0 fully saturated rings. The Morgan fingerprint density at radius 3 is 2.52 bits per heavy atom. The fourth-order valence-corrected chi connectivity index (χ4v) is 2.78. The Labute approximate surface area is 162 Å². The summed E-state index contributed by atoms with van der Waals surface area (Å²) in [5, 5.41) is 2.92. The van der Waals surface area contributed by atoms with Crippen LogP contribution in [-0.2, 0) is 0 Å². The number of anilines is 1. The summed E-state index contributed by atoms with van der Waals surface area (Å²) >= 11 is 0. The summed E-state index contributed by atoms with van der Waals surface area (Å²) in [5.74, 6) is 1.31. The minimum absolute atomic E-state index is 0. The first-order chi connectivity index (χ1) is 12.7. The number of aromatic nitrogens is 2. The van der Waals surface area contributed by atoms with Gasteiger partial charge in [-0.25, -0.2) is 4.98 Å². The van der Waals surface area contributed by atoms with Gasteiger partial charge < -0.3 is 15.0 Å². The van der Waals surface area contributed by atoms with Crippen molar-refractivity contribution in [2.45, 2.75) is 0 Å². The van der Waals surface area contributed by atoms with Gasteiger partial charge in [0.1, 0.15) is 11.6 Å². The number of hydrogen-bond donors (Lipinski definition) is 2. The average molecular weight is 380 g/mol. The molecular formula is C21H18ClN3O2. The van der Waals surface area contributed by atoms with Crippen LogP contribution in [-0.4, -0.2) is 23.0 Å². The molecule has 0 bridgehead atoms. The zero-order valence-corrected chi connectivity index (χ0v) is 15.4. The lowest BCUT2D eigenvalue weighted by molar-refractivity contribution is 0.102. The summed E-state index contributed by atoms with van der Waals surface area (Å²) in [7, 11) is 1.60. The number of rotatable bonds is 4. The Bertz CT molecular complexity index is 1040. The standard InChI is InChI=1S/C21H17N3O2.ClH/c1-26-17-11-9-14(10-12-17)21(25)22-16-6-4-5-15(13-16)20-23-18-7-2-3-8-19(18)24-20;/h2-13H,1H3,(H,22,25)(H,23,24);1H. The van der Waals surface area contributed by atoms with Gasteiger partial charge in [-0.1, -0.05) is 24.3 Å². The fraction of sp³-hybridized carbons (Fsp3) is 0.0476. The van der Waals surface area contributed by atoms with E-state index in [-0.39, 0.29) is 18.3 Å². The smallest absolute Gasteiger partial charge is 0.255 e. The molecule has 1 aromatic heterocycles. The van der Waals surface area contributed by atoms with Gasteiger partial charge in [-0.15, -0.1) is 12.4 Å². The molecule has 1 amide bonds. The molecule has 0 aliphatic rings. The molecule has 0 radical (unpaired) electrons. The number of fused-ring (bicyclic) bond motifs is 1. The van der Waals surface area contributed by atoms with E-state index in [2.05, 4.69) is 15.3 Å². The number of ether oxygens (including phenoxy) is 1. The third-order valence-electron chi connectivity index (χ3n) is 4.14. The second-order valence-electron chi connectivity index (χ2n) is 5.87. The number of imidazole rings is 1. The van der Waals surface area contributed by atoms with E-state index in [1.54, 1.807) is 31.4 Å². The molecule has 5 nitrogen and oxygen atoms in total. The molecule has 4 rings (SSSR count). The minimum atomic E-state index is -0.172. The highest BCUT2D eigenvalue weighted by molar-refractivity contribution is 6.04. The van der Waals surface area contributed by atoms with Crippen LogP contribution in [0.1, 0.15) is 10.4 Å². The number of halogens is 1. The number of hydrogen-bond acceptors (Lipinski definition) is 3. The van der Waals surface area contributed by atoms with Gasteiger partial charge in [0.05, 0.1) is 18.1 Å². The van der Waals surface area contributed by atoms with Crippen molar-refractivity contribution in [1.82, 2.24) is 9.97 Å². The highest BCUT2D eigenvalue weighted by Crippen LogP contribution is 2.23. The van der Waals surface area contributed by atoms with E-state index in [1.165, 1.54) is 0 Å². The predicted octanol–water partition coefficient (Wildman–Crippen LogP) is 4.91. The van der Waals surface area contributed by atoms with Crippen molar-refractivity contribution in [2.24, 2.45) is 0 Å². The van der Waals surface area contributed by atoms with E-state index in [0.717, 1.165) is 22.4 Å². The van der Waals surface area contributed by atoms with Crippen LogP contribution < -0.4 is 10.1 Å². The molecule has 1 heterocycles. The Morgan fingerprint density at radius 2 is 1.78 bits per heavy atom. The highest BCUT2D eigenvalue weighted by atomic mass is 35.5. The summed E-state index contributed by atoms with van der Waals surface area (Å²) < 4.78 is 5.11. The van der Waals surface area contributed by atoms with Gasteiger partial charge in [-0.05, 0) is 48.5 Å². The normalized spacial score (nSPS) is 10.3. The van der Waals surface area contributed by atoms with Crippen molar-refractivity contribution in [3.8, 4) is 17.1 Å². The van der Waals surface area contributed by atoms with Crippen molar-refractivity contribution in [1.29, 1.82) is 0 Å². The number of carbonyl (C=O) groups excluding carboxylic acids is 1. The van der Waals surface area contributed by atoms with Crippen molar-refractivity contribution in [3.63, 3.8) is 0 Å². The van der Waals surface area contributed by atoms with E-state index in [0.29, 0.717) is 17.0 Å². The van der Waals surface area contributed by atoms with Gasteiger partial charge in [0.25, 0.3) is 5.91 Å². The molecule has 3 aromatic carbocycles. The van der Waals surface area contributed by atoms with Crippen LogP contribution in [0.3, 0.4) is 0 Å². The molecule has 0 aliphatic carbocycles. The highest BCUT2D eigenvalue weighted by Gasteiger charge is 2.09. The van der Waals surface area contributed by atoms with E-state index >= 15 is 0 Å². The summed E-state index contributed by atoms with van der Waals surface area (Å²) in [6, 6.07) is 22.5. The lowest BCUT2D eigenvalue weighted by Gasteiger charge is -2.07. The Kier molecular flexibility index (Phi) is 5.43. The SMILES string of the molecule is COc1ccc(C(=O)Nc2cccc(-c3nc4ccccc4[nH]3)c2)cc1.Cl. The molecule has 6 heteroatoms. The molecule has 2 N–H and O–H groups in total. The molecule has 0 unspecified atom stereocenters. The quantitative estimate of drug-likeness (QED) is 0.529. The summed E-state index contributed by atoms with van der Waals surface area (Å²) in [6.45, 7) is 0. The largest absolute Gasteiger partial charge is 0.497 e. The van der Waals surface area contributed by atoms with Crippen molar-refractivity contribution < 1.29 is 9.53 Å². The number of amides is 1. The third kappa shape index (κ3) is 3.93. The first-order valence-electron chi connectivity index (χ1n) is 8.23. The summed E-state index contributed by atoms with van der Waals surface area (Å²) in [6.07, 6.45) is 0. The van der Waals surface area contributed by atoms with Crippen LogP contribution >= 0.6 is 12.4 Å². The summed E-state index contributed by atoms with van der Waals surface area (Å²) in [4.78, 5) is 20.3. The Balaban J connectivity index is 0.00000210. The van der Waals surface area contributed by atoms with Gasteiger partial charge in [0, 0.05) is 16.8 Å². The topological polar surface area (TPSA) is 67.0 Å². The van der Waals surface area contributed by atoms with Crippen LogP contribution in [0.15, 0.2) is 72.8 Å². The van der Waals surface area contributed by atoms with Crippen LogP contribution in [0.25, 0.3) is 22.4 Å². The fourth-order valence-electron chi connectivity index (χ4n) is 2.78. The number of nitrogens with zero attached hydrogens (tertiary/aromatic N) is 1. The molecule has 136 valence electrons. The molecule has 0 aliphatic heterocycles. The molecular weight excluding hydrogens is 362 g/mol. The number of nitrogens with one attached hydrogen (secondary N) is 2. The van der Waals surface area contributed by atoms with E-state index < -0.39 is 0 Å². The predicted molar refractivity (Wildman–Crippen MR) is 110 cm³/mol. The van der Waals surface area contributed by atoms with E-state index in [4.69, 9.17) is 4.74 Å². The van der Waals surface area contributed by atoms with Gasteiger partial charge in [-0.3, -0.25) is 4.79 Å². The second kappa shape index (κ2) is 7.93. The van der Waals surface area contributed by atoms with Gasteiger partial charge in [0.2, 0.25) is 0 Å². The van der Waals surface area contributed by atoms with Crippen LogP contribution in [0.2, 0.25) is 0 Å². The maximum Gasteiger partial charge on any atom is 0.255 e. The maximum absolute atomic E-state index is 12.4. The molecule has 0 spiro atoms. The van der Waals surface area contributed by atoms with Crippen LogP contribution in [0.5, 0.6) is 5.75 Å². The number of benzene rings is 3. The third-order valence-corrected chi connectivity index (χ3v) is 4.14. The Morgan fingerprint density at radius 1 is 1.00 bits per heavy atom. The van der Waals surface area contributed by atoms with Crippen molar-refractivity contribution >= 4 is 35.0 Å². The molecule has 0 saturated carbocycles. The number of aromatic amines is 1. The summed E-state index contributed by atoms with van der Waals surface area (Å²) in [5.41, 5.74) is 4.09. The Hall–Kier alpha value is -3.31. The van der Waals surface area contributed by atoms with Gasteiger partial charge in [-0.2, -0.15) is 0 Å². The van der Waals surface area contributed by atoms with Crippen LogP contribution in [0, 0.1) is 0 Å². The monoisotopic (exact) mass is 379 g/mol. The number of para-hydroxylation sites is 2. The minimum Gasteiger partial charge on any atom is -0.497 e. The number of carbonyl (C=O) groups is 1. The van der Waals surface area contributed by atoms with E-state index in [1.807, 2.05) is 48.5 Å². The van der Waals surface area contributed by atoms with Crippen molar-refractivity contribution in [3.05, 3.63) is 78.4 Å². The van der Waals surface area contributed by atoms with Crippen LogP contribution in [0.4, 0.5) is 5.69 Å². The van der Waals surface area contributed by atoms with Gasteiger partial charge in [0.15, 0.2) is 0 Å². The number of methoxy groups -OCH3 is 1. The molecule has 27 heavy (non-hydrogen) atoms. The van der Waals surface area contributed by atoms with E-state index in [9.17, 15) is 4.79 Å². The molecule has 0 atom stereocenters. The maximum atomic E-state index is 12.4. The van der Waals surface area contributed by atoms with Crippen molar-refractivity contribution in [2.75, 3.05) is 12.4 Å². The lowest BCUT2D eigenvalue weighted by atomic mass is 10.1. The average Bonchev–Trinajstić information content (AvgIpc) is 3.12. The molecule has 4 aromatic rings. The van der Waals surface area contributed by atoms with Gasteiger partial charge >= 0.3 is 0 Å². The lowest BCUT2D eigenvalue weighted by Crippen LogP contribution is -2.11.